The summed E-state index contributed by atoms with van der Waals surface area (Å²) >= 11 is 0. The molecule has 3 N–H and O–H groups in total. The van der Waals surface area contributed by atoms with E-state index >= 15 is 0 Å². The zero-order valence-corrected chi connectivity index (χ0v) is 17.0. The fourth-order valence-electron chi connectivity index (χ4n) is 4.00. The molecule has 2 amide bonds. The van der Waals surface area contributed by atoms with Gasteiger partial charge in [-0.3, -0.25) is 9.59 Å². The van der Waals surface area contributed by atoms with E-state index in [0.717, 1.165) is 42.1 Å². The minimum Gasteiger partial charge on any atom is -0.361 e. The molecule has 0 aliphatic heterocycles. The van der Waals surface area contributed by atoms with Crippen LogP contribution in [0.3, 0.4) is 0 Å². The molecule has 1 heterocycles. The highest BCUT2D eigenvalue weighted by atomic mass is 16.2. The molecule has 1 aliphatic carbocycles. The second-order valence-electron chi connectivity index (χ2n) is 7.83. The Bertz CT molecular complexity index is 1040. The van der Waals surface area contributed by atoms with E-state index < -0.39 is 0 Å². The van der Waals surface area contributed by atoms with E-state index in [1.165, 1.54) is 12.8 Å². The van der Waals surface area contributed by atoms with Gasteiger partial charge in [0.1, 0.15) is 5.70 Å². The molecule has 1 saturated carbocycles. The van der Waals surface area contributed by atoms with E-state index in [4.69, 9.17) is 0 Å². The first-order valence-electron chi connectivity index (χ1n) is 10.7. The number of carbonyl (C=O) groups excluding carboxylic acids is 2. The summed E-state index contributed by atoms with van der Waals surface area (Å²) in [5.74, 6) is -0.533. The molecule has 0 bridgehead atoms. The highest BCUT2D eigenvalue weighted by Crippen LogP contribution is 2.21. The molecule has 0 radical (unpaired) electrons. The molecule has 0 spiro atoms. The van der Waals surface area contributed by atoms with E-state index in [9.17, 15) is 9.59 Å². The van der Waals surface area contributed by atoms with Crippen molar-refractivity contribution in [2.45, 2.75) is 44.6 Å². The normalized spacial score (nSPS) is 15.5. The second-order valence-corrected chi connectivity index (χ2v) is 7.83. The average Bonchev–Trinajstić information content (AvgIpc) is 3.00. The number of aromatic nitrogens is 1. The Hall–Kier alpha value is -3.34. The van der Waals surface area contributed by atoms with Gasteiger partial charge in [-0.2, -0.15) is 0 Å². The van der Waals surface area contributed by atoms with Crippen molar-refractivity contribution in [2.24, 2.45) is 0 Å². The van der Waals surface area contributed by atoms with Crippen LogP contribution >= 0.6 is 0 Å². The number of H-pyrrole nitrogens is 1. The van der Waals surface area contributed by atoms with Crippen molar-refractivity contribution >= 4 is 28.8 Å². The van der Waals surface area contributed by atoms with Crippen molar-refractivity contribution in [1.29, 1.82) is 0 Å². The maximum absolute atomic E-state index is 13.1. The number of rotatable bonds is 5. The van der Waals surface area contributed by atoms with Crippen LogP contribution < -0.4 is 10.6 Å². The highest BCUT2D eigenvalue weighted by Gasteiger charge is 2.20. The number of hydrogen-bond acceptors (Lipinski definition) is 2. The topological polar surface area (TPSA) is 74.0 Å². The second kappa shape index (κ2) is 9.44. The first-order chi connectivity index (χ1) is 14.7. The van der Waals surface area contributed by atoms with Gasteiger partial charge in [0.15, 0.2) is 0 Å². The standard InChI is InChI=1S/C25H27N3O2/c29-24(18-10-4-3-5-11-18)28-23(25(30)27-20-12-6-1-2-7-13-20)16-19-17-26-22-15-9-8-14-21(19)22/h3-5,8-11,14-17,20,26H,1-2,6-7,12-13H2,(H,27,30)(H,28,29)/b23-16-. The molecular formula is C25H27N3O2. The lowest BCUT2D eigenvalue weighted by Crippen LogP contribution is -2.40. The van der Waals surface area contributed by atoms with E-state index in [0.29, 0.717) is 5.56 Å². The minimum absolute atomic E-state index is 0.153. The Kier molecular flexibility index (Phi) is 6.28. The summed E-state index contributed by atoms with van der Waals surface area (Å²) in [5, 5.41) is 6.99. The van der Waals surface area contributed by atoms with E-state index in [2.05, 4.69) is 15.6 Å². The number of nitrogens with one attached hydrogen (secondary N) is 3. The smallest absolute Gasteiger partial charge is 0.268 e. The molecule has 30 heavy (non-hydrogen) atoms. The third-order valence-electron chi connectivity index (χ3n) is 5.64. The third-order valence-corrected chi connectivity index (χ3v) is 5.64. The van der Waals surface area contributed by atoms with Crippen molar-refractivity contribution in [3.8, 4) is 0 Å². The summed E-state index contributed by atoms with van der Waals surface area (Å²) in [7, 11) is 0. The van der Waals surface area contributed by atoms with Crippen molar-refractivity contribution in [2.75, 3.05) is 0 Å². The molecular weight excluding hydrogens is 374 g/mol. The number of aromatic amines is 1. The lowest BCUT2D eigenvalue weighted by Gasteiger charge is -2.18. The molecule has 3 aromatic rings. The maximum Gasteiger partial charge on any atom is 0.268 e. The van der Waals surface area contributed by atoms with Gasteiger partial charge < -0.3 is 15.6 Å². The van der Waals surface area contributed by atoms with Crippen molar-refractivity contribution < 1.29 is 9.59 Å². The Labute approximate surface area is 176 Å². The van der Waals surface area contributed by atoms with Gasteiger partial charge in [-0.15, -0.1) is 0 Å². The van der Waals surface area contributed by atoms with Crippen LogP contribution in [-0.2, 0) is 4.79 Å². The Morgan fingerprint density at radius 2 is 1.60 bits per heavy atom. The molecule has 1 fully saturated rings. The van der Waals surface area contributed by atoms with Gasteiger partial charge in [-0.05, 0) is 37.1 Å². The zero-order valence-electron chi connectivity index (χ0n) is 17.0. The predicted octanol–water partition coefficient (Wildman–Crippen LogP) is 4.78. The molecule has 1 aromatic heterocycles. The summed E-state index contributed by atoms with van der Waals surface area (Å²) in [6.45, 7) is 0. The fourth-order valence-corrected chi connectivity index (χ4v) is 4.00. The van der Waals surface area contributed by atoms with E-state index in [1.54, 1.807) is 18.2 Å². The van der Waals surface area contributed by atoms with Crippen molar-refractivity contribution in [3.05, 3.63) is 77.6 Å². The van der Waals surface area contributed by atoms with Crippen LogP contribution in [0.1, 0.15) is 54.4 Å². The fraction of sp³-hybridized carbons (Fsp3) is 0.280. The summed E-state index contributed by atoms with van der Waals surface area (Å²) in [5.41, 5.74) is 2.63. The van der Waals surface area contributed by atoms with Gasteiger partial charge in [0, 0.05) is 34.3 Å². The lowest BCUT2D eigenvalue weighted by molar-refractivity contribution is -0.118. The number of carbonyl (C=O) groups is 2. The summed E-state index contributed by atoms with van der Waals surface area (Å²) < 4.78 is 0. The first-order valence-corrected chi connectivity index (χ1v) is 10.7. The van der Waals surface area contributed by atoms with Crippen LogP contribution in [0, 0.1) is 0 Å². The SMILES string of the molecule is O=C(NC1CCCCCC1)/C(=C/c1c[nH]c2ccccc12)NC(=O)c1ccccc1. The molecule has 5 nitrogen and oxygen atoms in total. The van der Waals surface area contributed by atoms with Crippen LogP contribution in [0.2, 0.25) is 0 Å². The van der Waals surface area contributed by atoms with Crippen molar-refractivity contribution in [1.82, 2.24) is 15.6 Å². The summed E-state index contributed by atoms with van der Waals surface area (Å²) in [6.07, 6.45) is 10.3. The minimum atomic E-state index is -0.294. The van der Waals surface area contributed by atoms with Crippen LogP contribution in [0.5, 0.6) is 0 Å². The number of hydrogen-bond donors (Lipinski definition) is 3. The zero-order chi connectivity index (χ0) is 20.8. The van der Waals surface area contributed by atoms with Crippen LogP contribution in [0.15, 0.2) is 66.5 Å². The van der Waals surface area contributed by atoms with E-state index in [-0.39, 0.29) is 23.6 Å². The molecule has 1 aliphatic rings. The van der Waals surface area contributed by atoms with Crippen molar-refractivity contribution in [3.63, 3.8) is 0 Å². The van der Waals surface area contributed by atoms with Gasteiger partial charge in [0.2, 0.25) is 0 Å². The number of para-hydroxylation sites is 1. The highest BCUT2D eigenvalue weighted by molar-refractivity contribution is 6.06. The monoisotopic (exact) mass is 401 g/mol. The Balaban J connectivity index is 1.61. The third kappa shape index (κ3) is 4.79. The molecule has 0 saturated heterocycles. The molecule has 2 aromatic carbocycles. The largest absolute Gasteiger partial charge is 0.361 e. The van der Waals surface area contributed by atoms with Gasteiger partial charge >= 0.3 is 0 Å². The quantitative estimate of drug-likeness (QED) is 0.425. The predicted molar refractivity (Wildman–Crippen MR) is 120 cm³/mol. The van der Waals surface area contributed by atoms with Crippen LogP contribution in [0.4, 0.5) is 0 Å². The molecule has 0 unspecified atom stereocenters. The molecule has 4 rings (SSSR count). The van der Waals surface area contributed by atoms with Gasteiger partial charge in [-0.25, -0.2) is 0 Å². The average molecular weight is 402 g/mol. The summed E-state index contributed by atoms with van der Waals surface area (Å²) in [6, 6.07) is 17.0. The molecule has 154 valence electrons. The number of benzene rings is 2. The first kappa shape index (κ1) is 20.0. The van der Waals surface area contributed by atoms with Crippen LogP contribution in [0.25, 0.3) is 17.0 Å². The van der Waals surface area contributed by atoms with Crippen LogP contribution in [-0.4, -0.2) is 22.8 Å². The lowest BCUT2D eigenvalue weighted by atomic mass is 10.1. The van der Waals surface area contributed by atoms with Gasteiger partial charge in [0.05, 0.1) is 0 Å². The Morgan fingerprint density at radius 1 is 0.900 bits per heavy atom. The van der Waals surface area contributed by atoms with Gasteiger partial charge in [-0.1, -0.05) is 62.1 Å². The molecule has 0 atom stereocenters. The Morgan fingerprint density at radius 3 is 2.37 bits per heavy atom. The summed E-state index contributed by atoms with van der Waals surface area (Å²) in [4.78, 5) is 29.1. The number of amides is 2. The molecule has 5 heteroatoms. The van der Waals surface area contributed by atoms with Gasteiger partial charge in [0.25, 0.3) is 11.8 Å². The maximum atomic E-state index is 13.1. The number of fused-ring (bicyclic) bond motifs is 1. The van der Waals surface area contributed by atoms with E-state index in [1.807, 2.05) is 48.7 Å².